The number of fused-ring (bicyclic) bond motifs is 3. The zero-order valence-corrected chi connectivity index (χ0v) is 33.2. The smallest absolute Gasteiger partial charge is 0.366 e. The second-order valence-electron chi connectivity index (χ2n) is 19.3. The molecule has 0 bridgehead atoms. The van der Waals surface area contributed by atoms with E-state index in [2.05, 4.69) is 173 Å². The molecule has 0 saturated carbocycles. The average Bonchev–Trinajstić information content (AvgIpc) is 3.31. The second kappa shape index (κ2) is 9.87. The first-order valence-electron chi connectivity index (χ1n) is 16.5. The van der Waals surface area contributed by atoms with E-state index >= 15 is 0 Å². The molecule has 5 rings (SSSR count). The van der Waals surface area contributed by atoms with E-state index in [4.69, 9.17) is 0 Å². The summed E-state index contributed by atoms with van der Waals surface area (Å²) in [5.74, 6) is 0. The van der Waals surface area contributed by atoms with Crippen molar-refractivity contribution in [3.63, 3.8) is 0 Å². The van der Waals surface area contributed by atoms with Crippen molar-refractivity contribution < 1.29 is 0 Å². The van der Waals surface area contributed by atoms with Gasteiger partial charge in [0.15, 0.2) is 0 Å². The Hall–Kier alpha value is -1.75. The lowest BCUT2D eigenvalue weighted by molar-refractivity contribution is 0.421. The van der Waals surface area contributed by atoms with E-state index < -0.39 is 24.4 Å². The van der Waals surface area contributed by atoms with Gasteiger partial charge in [-0.3, -0.25) is 3.90 Å². The third-order valence-corrected chi connectivity index (χ3v) is 32.1. The molecular weight excluding hydrogens is 575 g/mol. The zero-order chi connectivity index (χ0) is 32.2. The molecule has 2 aromatic rings. The van der Waals surface area contributed by atoms with Gasteiger partial charge in [0.05, 0.1) is 22.7 Å². The summed E-state index contributed by atoms with van der Waals surface area (Å²) in [4.78, 5) is 0. The van der Waals surface area contributed by atoms with Crippen LogP contribution >= 0.6 is 0 Å². The number of hydrogen-bond acceptors (Lipinski definition) is 5. The SMILES string of the molecule is CC(C)(C)CN1c2ccccc2N(CC(C)(C)C)[Si]12N([Si](C)(C)C)[Si]21N(CC(C)(C)C)c2ccccc2N1CC(C)(C)C. The predicted octanol–water partition coefficient (Wildman–Crippen LogP) is 8.93. The van der Waals surface area contributed by atoms with E-state index in [9.17, 15) is 0 Å². The molecule has 3 heterocycles. The van der Waals surface area contributed by atoms with Crippen molar-refractivity contribution in [1.29, 1.82) is 0 Å². The predicted molar refractivity (Wildman–Crippen MR) is 197 cm³/mol. The molecule has 0 unspecified atom stereocenters. The highest BCUT2D eigenvalue weighted by atomic mass is 29.4. The quantitative estimate of drug-likeness (QED) is 0.240. The summed E-state index contributed by atoms with van der Waals surface area (Å²) in [5, 5.41) is 0. The van der Waals surface area contributed by atoms with E-state index in [0.29, 0.717) is 0 Å². The maximum absolute atomic E-state index is 3.31. The van der Waals surface area contributed by atoms with Gasteiger partial charge in [0.1, 0.15) is 8.24 Å². The van der Waals surface area contributed by atoms with Crippen molar-refractivity contribution in [1.82, 2.24) is 3.90 Å². The maximum Gasteiger partial charge on any atom is 0.387 e. The minimum atomic E-state index is -2.53. The molecule has 3 aliphatic heterocycles. The van der Waals surface area contributed by atoms with Crippen molar-refractivity contribution in [2.45, 2.75) is 103 Å². The van der Waals surface area contributed by atoms with E-state index in [1.807, 2.05) is 0 Å². The normalized spacial score (nSPS) is 21.2. The van der Waals surface area contributed by atoms with Crippen LogP contribution < -0.4 is 18.3 Å². The van der Waals surface area contributed by atoms with Crippen LogP contribution in [0.25, 0.3) is 0 Å². The molecule has 1 fully saturated rings. The van der Waals surface area contributed by atoms with Crippen molar-refractivity contribution >= 4 is 47.1 Å². The third-order valence-electron chi connectivity index (χ3n) is 8.66. The van der Waals surface area contributed by atoms with Gasteiger partial charge in [-0.2, -0.15) is 0 Å². The molecule has 2 spiro atoms. The summed E-state index contributed by atoms with van der Waals surface area (Å²) in [7, 11) is -6.91. The summed E-state index contributed by atoms with van der Waals surface area (Å²) >= 11 is 0. The van der Waals surface area contributed by atoms with Gasteiger partial charge < -0.3 is 18.3 Å². The Morgan fingerprint density at radius 2 is 0.651 bits per heavy atom. The van der Waals surface area contributed by atoms with Gasteiger partial charge in [0.2, 0.25) is 0 Å². The zero-order valence-electron chi connectivity index (χ0n) is 30.2. The fraction of sp³-hybridized carbons (Fsp3) is 0.657. The van der Waals surface area contributed by atoms with Gasteiger partial charge in [-0.25, -0.2) is 0 Å². The molecule has 0 aromatic heterocycles. The molecule has 0 aliphatic carbocycles. The monoisotopic (exact) mass is 635 g/mol. The van der Waals surface area contributed by atoms with Crippen molar-refractivity contribution in [2.24, 2.45) is 21.7 Å². The van der Waals surface area contributed by atoms with E-state index in [1.165, 1.54) is 22.7 Å². The van der Waals surface area contributed by atoms with Gasteiger partial charge in [0, 0.05) is 26.2 Å². The molecule has 3 aliphatic rings. The number of rotatable bonds is 5. The maximum atomic E-state index is 3.31. The van der Waals surface area contributed by atoms with Gasteiger partial charge in [0.25, 0.3) is 0 Å². The number of benzene rings is 2. The van der Waals surface area contributed by atoms with Crippen LogP contribution in [-0.2, 0) is 0 Å². The molecule has 0 atom stereocenters. The van der Waals surface area contributed by atoms with Crippen LogP contribution in [0, 0.1) is 21.7 Å². The standard InChI is InChI=1S/C35H61N5Si3/c1-32(2,3)24-36-28-20-16-17-21-29(28)37(25-33(4,5)6)42(36)40(41(13,14)15)43(42)38(26-34(7,8)9)30-22-18-19-23-31(30)39(43)27-35(10,11)12/h16-23H,24-27H2,1-15H3. The van der Waals surface area contributed by atoms with Crippen LogP contribution in [0.3, 0.4) is 0 Å². The van der Waals surface area contributed by atoms with Crippen LogP contribution in [-0.4, -0.2) is 54.5 Å². The van der Waals surface area contributed by atoms with Crippen LogP contribution in [0.1, 0.15) is 83.1 Å². The number of anilines is 4. The van der Waals surface area contributed by atoms with Crippen LogP contribution in [0.15, 0.2) is 48.5 Å². The molecule has 0 radical (unpaired) electrons. The first-order chi connectivity index (χ1) is 19.5. The topological polar surface area (TPSA) is 16.0 Å². The Kier molecular flexibility index (Phi) is 7.49. The number of para-hydroxylation sites is 4. The Labute approximate surface area is 267 Å². The highest BCUT2D eigenvalue weighted by molar-refractivity contribution is 7.63. The Balaban J connectivity index is 1.92. The van der Waals surface area contributed by atoms with Gasteiger partial charge >= 0.3 is 16.2 Å². The summed E-state index contributed by atoms with van der Waals surface area (Å²) in [5.41, 5.74) is 6.58. The Morgan fingerprint density at radius 3 is 0.814 bits per heavy atom. The fourth-order valence-corrected chi connectivity index (χ4v) is 45.5. The first kappa shape index (κ1) is 32.6. The third kappa shape index (κ3) is 5.32. The van der Waals surface area contributed by atoms with E-state index in [0.717, 1.165) is 26.2 Å². The molecule has 5 nitrogen and oxygen atoms in total. The average molecular weight is 636 g/mol. The first-order valence-corrected chi connectivity index (χ1v) is 24.7. The Morgan fingerprint density at radius 1 is 0.442 bits per heavy atom. The summed E-state index contributed by atoms with van der Waals surface area (Å²) in [6.07, 6.45) is 0. The minimum Gasteiger partial charge on any atom is -0.366 e. The molecule has 0 N–H and O–H groups in total. The summed E-state index contributed by atoms with van der Waals surface area (Å²) < 4.78 is 15.5. The molecule has 2 aromatic carbocycles. The van der Waals surface area contributed by atoms with Gasteiger partial charge in [-0.05, 0) is 45.9 Å². The van der Waals surface area contributed by atoms with Crippen LogP contribution in [0.2, 0.25) is 19.6 Å². The highest BCUT2D eigenvalue weighted by Crippen LogP contribution is 2.67. The van der Waals surface area contributed by atoms with E-state index in [1.54, 1.807) is 0 Å². The molecule has 8 heteroatoms. The molecule has 1 saturated heterocycles. The minimum absolute atomic E-state index is 0.170. The summed E-state index contributed by atoms with van der Waals surface area (Å²) in [6, 6.07) is 19.0. The van der Waals surface area contributed by atoms with Gasteiger partial charge in [-0.15, -0.1) is 0 Å². The lowest BCUT2D eigenvalue weighted by Crippen LogP contribution is -2.72. The van der Waals surface area contributed by atoms with Crippen molar-refractivity contribution in [2.75, 3.05) is 44.4 Å². The largest absolute Gasteiger partial charge is 0.387 e. The number of nitrogens with zero attached hydrogens (tertiary/aromatic N) is 5. The van der Waals surface area contributed by atoms with E-state index in [-0.39, 0.29) is 21.7 Å². The molecular formula is C35H61N5Si3. The van der Waals surface area contributed by atoms with Gasteiger partial charge in [-0.1, -0.05) is 127 Å². The van der Waals surface area contributed by atoms with Crippen LogP contribution in [0.4, 0.5) is 22.7 Å². The lowest BCUT2D eigenvalue weighted by atomic mass is 9.96. The molecule has 0 amide bonds. The van der Waals surface area contributed by atoms with Crippen LogP contribution in [0.5, 0.6) is 0 Å². The van der Waals surface area contributed by atoms with Crippen molar-refractivity contribution in [3.05, 3.63) is 48.5 Å². The lowest BCUT2D eigenvalue weighted by Gasteiger charge is -2.43. The Bertz CT molecular complexity index is 1170. The second-order valence-corrected chi connectivity index (χ2v) is 35.1. The molecule has 238 valence electrons. The van der Waals surface area contributed by atoms with Crippen molar-refractivity contribution in [3.8, 4) is 0 Å². The fourth-order valence-electron chi connectivity index (χ4n) is 7.94. The number of hydrogen-bond donors (Lipinski definition) is 0. The molecule has 43 heavy (non-hydrogen) atoms. The highest BCUT2D eigenvalue weighted by Gasteiger charge is 2.98. The summed E-state index contributed by atoms with van der Waals surface area (Å²) in [6.45, 7) is 41.6.